The van der Waals surface area contributed by atoms with Crippen molar-refractivity contribution in [3.8, 4) is 16.9 Å². The minimum absolute atomic E-state index is 0.0675. The maximum absolute atomic E-state index is 13.4. The molecule has 5 rings (SSSR count). The summed E-state index contributed by atoms with van der Waals surface area (Å²) in [7, 11) is 1.80. The van der Waals surface area contributed by atoms with E-state index in [4.69, 9.17) is 0 Å². The number of aryl methyl sites for hydroxylation is 1. The molecule has 0 bridgehead atoms. The lowest BCUT2D eigenvalue weighted by Gasteiger charge is -2.34. The molecule has 3 aliphatic heterocycles. The molecule has 0 aromatic heterocycles. The molecule has 1 N–H and O–H groups in total. The third-order valence-corrected chi connectivity index (χ3v) is 6.78. The van der Waals surface area contributed by atoms with Gasteiger partial charge in [-0.2, -0.15) is 9.78 Å². The van der Waals surface area contributed by atoms with Gasteiger partial charge in [-0.05, 0) is 25.0 Å². The average molecular weight is 463 g/mol. The number of aromatic nitrogens is 3. The molecule has 0 atom stereocenters. The van der Waals surface area contributed by atoms with E-state index in [-0.39, 0.29) is 17.4 Å². The molecule has 34 heavy (non-hydrogen) atoms. The number of rotatable bonds is 5. The molecular weight excluding hydrogens is 432 g/mol. The van der Waals surface area contributed by atoms with Gasteiger partial charge in [0.05, 0.1) is 23.4 Å². The topological polar surface area (TPSA) is 92.5 Å². The Hall–Kier alpha value is -3.46. The monoisotopic (exact) mass is 462 g/mol. The second-order valence-electron chi connectivity index (χ2n) is 9.27. The molecule has 9 heteroatoms. The zero-order valence-electron chi connectivity index (χ0n) is 19.4. The summed E-state index contributed by atoms with van der Waals surface area (Å²) < 4.78 is 3.08. The van der Waals surface area contributed by atoms with Gasteiger partial charge in [0, 0.05) is 51.7 Å². The molecule has 2 fully saturated rings. The number of fused-ring (bicyclic) bond motifs is 1. The largest absolute Gasteiger partial charge is 0.356 e. The van der Waals surface area contributed by atoms with E-state index in [2.05, 4.69) is 15.3 Å². The van der Waals surface area contributed by atoms with Crippen LogP contribution in [0.3, 0.4) is 0 Å². The molecule has 178 valence electrons. The quantitative estimate of drug-likeness (QED) is 0.620. The smallest absolute Gasteiger partial charge is 0.282 e. The van der Waals surface area contributed by atoms with Crippen LogP contribution in [0.4, 0.5) is 0 Å². The molecular formula is C25H30N6O3. The van der Waals surface area contributed by atoms with Gasteiger partial charge in [-0.25, -0.2) is 0 Å². The van der Waals surface area contributed by atoms with E-state index < -0.39 is 0 Å². The molecule has 0 radical (unpaired) electrons. The van der Waals surface area contributed by atoms with E-state index in [9.17, 15) is 14.4 Å². The van der Waals surface area contributed by atoms with Gasteiger partial charge in [-0.3, -0.25) is 19.3 Å². The third-order valence-electron chi connectivity index (χ3n) is 6.78. The lowest BCUT2D eigenvalue weighted by Crippen LogP contribution is -2.51. The Morgan fingerprint density at radius 2 is 1.74 bits per heavy atom. The molecule has 1 aliphatic carbocycles. The SMILES string of the molecule is Cn1cc(C(=O)N2CCN(CC(=O)NC3CCCC3)CC2)c2nn(-c3ccccc3)c(=O)c-2c1. The maximum Gasteiger partial charge on any atom is 0.282 e. The Bertz CT molecular complexity index is 1200. The predicted molar refractivity (Wildman–Crippen MR) is 128 cm³/mol. The summed E-state index contributed by atoms with van der Waals surface area (Å²) in [5.74, 6) is -0.0770. The van der Waals surface area contributed by atoms with Crippen molar-refractivity contribution in [2.75, 3.05) is 32.7 Å². The summed E-state index contributed by atoms with van der Waals surface area (Å²) >= 11 is 0. The molecule has 3 heterocycles. The Balaban J connectivity index is 1.29. The molecule has 1 saturated carbocycles. The van der Waals surface area contributed by atoms with Gasteiger partial charge in [-0.1, -0.05) is 31.0 Å². The zero-order chi connectivity index (χ0) is 23.7. The standard InChI is InChI=1S/C25H30N6O3/c1-28-15-20(23-21(16-28)25(34)31(27-23)19-9-3-2-4-10-19)24(33)30-13-11-29(12-14-30)17-22(32)26-18-7-5-6-8-18/h2-4,9-10,15-16,18H,5-8,11-14,17H2,1H3,(H,26,32). The highest BCUT2D eigenvalue weighted by molar-refractivity contribution is 6.00. The highest BCUT2D eigenvalue weighted by atomic mass is 16.2. The van der Waals surface area contributed by atoms with E-state index in [0.717, 1.165) is 12.8 Å². The number of carbonyl (C=O) groups excluding carboxylic acids is 2. The number of benzene rings is 1. The fourth-order valence-electron chi connectivity index (χ4n) is 4.96. The maximum atomic E-state index is 13.4. The lowest BCUT2D eigenvalue weighted by atomic mass is 10.1. The summed E-state index contributed by atoms with van der Waals surface area (Å²) in [5.41, 5.74) is 1.66. The van der Waals surface area contributed by atoms with Crippen LogP contribution in [-0.2, 0) is 11.8 Å². The van der Waals surface area contributed by atoms with Crippen LogP contribution in [0.1, 0.15) is 36.0 Å². The van der Waals surface area contributed by atoms with Gasteiger partial charge in [-0.15, -0.1) is 0 Å². The first-order valence-corrected chi connectivity index (χ1v) is 11.9. The lowest BCUT2D eigenvalue weighted by molar-refractivity contribution is -0.123. The summed E-state index contributed by atoms with van der Waals surface area (Å²) in [6.45, 7) is 2.69. The molecule has 2 amide bonds. The normalized spacial score (nSPS) is 17.4. The van der Waals surface area contributed by atoms with Crippen LogP contribution in [0.25, 0.3) is 16.9 Å². The Labute approximate surface area is 198 Å². The third kappa shape index (κ3) is 4.48. The number of amides is 2. The number of pyridine rings is 1. The number of para-hydroxylation sites is 1. The van der Waals surface area contributed by atoms with E-state index in [1.807, 2.05) is 30.3 Å². The molecule has 0 unspecified atom stereocenters. The molecule has 1 aromatic carbocycles. The molecule has 1 aromatic rings. The molecule has 0 spiro atoms. The van der Waals surface area contributed by atoms with E-state index in [0.29, 0.717) is 61.3 Å². The van der Waals surface area contributed by atoms with E-state index in [1.54, 1.807) is 28.9 Å². The minimum Gasteiger partial charge on any atom is -0.356 e. The average Bonchev–Trinajstić information content (AvgIpc) is 3.47. The van der Waals surface area contributed by atoms with Crippen LogP contribution < -0.4 is 10.9 Å². The van der Waals surface area contributed by atoms with Gasteiger partial charge >= 0.3 is 0 Å². The van der Waals surface area contributed by atoms with E-state index >= 15 is 0 Å². The van der Waals surface area contributed by atoms with Crippen LogP contribution in [0.2, 0.25) is 0 Å². The highest BCUT2D eigenvalue weighted by Crippen LogP contribution is 2.24. The number of nitrogens with one attached hydrogen (secondary N) is 1. The zero-order valence-corrected chi connectivity index (χ0v) is 19.4. The van der Waals surface area contributed by atoms with Crippen molar-refractivity contribution >= 4 is 11.8 Å². The van der Waals surface area contributed by atoms with Crippen molar-refractivity contribution in [1.82, 2.24) is 29.5 Å². The van der Waals surface area contributed by atoms with Crippen molar-refractivity contribution in [3.05, 3.63) is 58.6 Å². The molecule has 4 aliphatic rings. The van der Waals surface area contributed by atoms with Crippen molar-refractivity contribution in [3.63, 3.8) is 0 Å². The van der Waals surface area contributed by atoms with Gasteiger partial charge < -0.3 is 14.8 Å². The van der Waals surface area contributed by atoms with Crippen molar-refractivity contribution in [2.45, 2.75) is 31.7 Å². The first-order valence-electron chi connectivity index (χ1n) is 11.9. The Morgan fingerprint density at radius 1 is 1.03 bits per heavy atom. The summed E-state index contributed by atoms with van der Waals surface area (Å²) in [5, 5.41) is 7.65. The first-order chi connectivity index (χ1) is 16.5. The fourth-order valence-corrected chi connectivity index (χ4v) is 4.96. The van der Waals surface area contributed by atoms with Crippen molar-refractivity contribution in [2.24, 2.45) is 7.05 Å². The first kappa shape index (κ1) is 22.3. The number of hydrogen-bond donors (Lipinski definition) is 1. The molecule has 9 nitrogen and oxygen atoms in total. The van der Waals surface area contributed by atoms with Crippen LogP contribution in [0.15, 0.2) is 47.5 Å². The molecule has 1 saturated heterocycles. The predicted octanol–water partition coefficient (Wildman–Crippen LogP) is 1.49. The van der Waals surface area contributed by atoms with Crippen molar-refractivity contribution in [1.29, 1.82) is 0 Å². The summed E-state index contributed by atoms with van der Waals surface area (Å²) in [6.07, 6.45) is 7.96. The van der Waals surface area contributed by atoms with Gasteiger partial charge in [0.25, 0.3) is 11.5 Å². The fraction of sp³-hybridized carbons (Fsp3) is 0.440. The number of carbonyl (C=O) groups is 2. The van der Waals surface area contributed by atoms with Gasteiger partial charge in [0.1, 0.15) is 5.69 Å². The van der Waals surface area contributed by atoms with Gasteiger partial charge in [0.15, 0.2) is 0 Å². The van der Waals surface area contributed by atoms with Crippen LogP contribution in [0.5, 0.6) is 0 Å². The summed E-state index contributed by atoms with van der Waals surface area (Å²) in [4.78, 5) is 42.7. The minimum atomic E-state index is -0.246. The number of nitrogens with zero attached hydrogens (tertiary/aromatic N) is 5. The van der Waals surface area contributed by atoms with E-state index in [1.165, 1.54) is 17.5 Å². The second-order valence-corrected chi connectivity index (χ2v) is 9.27. The Morgan fingerprint density at radius 3 is 2.44 bits per heavy atom. The Kier molecular flexibility index (Phi) is 6.19. The van der Waals surface area contributed by atoms with Gasteiger partial charge in [0.2, 0.25) is 5.91 Å². The van der Waals surface area contributed by atoms with Crippen LogP contribution >= 0.6 is 0 Å². The summed E-state index contributed by atoms with van der Waals surface area (Å²) in [6, 6.07) is 9.53. The second kappa shape index (κ2) is 9.42. The van der Waals surface area contributed by atoms with Crippen LogP contribution in [0, 0.1) is 0 Å². The number of piperazine rings is 1. The highest BCUT2D eigenvalue weighted by Gasteiger charge is 2.29. The van der Waals surface area contributed by atoms with Crippen molar-refractivity contribution < 1.29 is 9.59 Å². The van der Waals surface area contributed by atoms with Crippen LogP contribution in [-0.4, -0.2) is 74.7 Å². The number of hydrogen-bond acceptors (Lipinski definition) is 5.